The largest absolute Gasteiger partial charge is 0.396 e. The number of carbonyl (C=O) groups is 1. The fraction of sp³-hybridized carbons (Fsp3) is 0.167. The van der Waals surface area contributed by atoms with E-state index in [1.165, 1.54) is 16.7 Å². The number of nitro groups is 1. The summed E-state index contributed by atoms with van der Waals surface area (Å²) in [6.45, 7) is 1.44. The number of aryl methyl sites for hydroxylation is 1. The quantitative estimate of drug-likeness (QED) is 0.446. The molecule has 0 unspecified atom stereocenters. The smallest absolute Gasteiger partial charge is 0.358 e. The number of Topliss-reactive ketones (excluding diaryl/α,β-unsaturated/α-hetero) is 1. The lowest BCUT2D eigenvalue weighted by Crippen LogP contribution is -2.12. The highest BCUT2D eigenvalue weighted by Crippen LogP contribution is 2.27. The molecule has 0 radical (unpaired) electrons. The Hall–Kier alpha value is -1.44. The van der Waals surface area contributed by atoms with E-state index >= 15 is 0 Å². The normalized spacial score (nSPS) is 10.7. The fourth-order valence-electron chi connectivity index (χ4n) is 1.76. The van der Waals surface area contributed by atoms with Crippen LogP contribution in [0.5, 0.6) is 0 Å². The molecule has 0 N–H and O–H groups in total. The molecule has 0 saturated carbocycles. The van der Waals surface area contributed by atoms with Crippen LogP contribution < -0.4 is 0 Å². The number of carbonyl (C=O) groups excluding carboxylic acids is 1. The molecule has 2 aromatic rings. The van der Waals surface area contributed by atoms with E-state index in [4.69, 9.17) is 23.2 Å². The van der Waals surface area contributed by atoms with Crippen LogP contribution in [0.1, 0.15) is 16.2 Å². The molecule has 6 nitrogen and oxygen atoms in total. The summed E-state index contributed by atoms with van der Waals surface area (Å²) in [4.78, 5) is 26.3. The molecule has 0 fully saturated rings. The Labute approximate surface area is 138 Å². The van der Waals surface area contributed by atoms with Gasteiger partial charge in [0.25, 0.3) is 0 Å². The average Bonchev–Trinajstić information content (AvgIpc) is 2.69. The van der Waals surface area contributed by atoms with E-state index in [-0.39, 0.29) is 33.3 Å². The molecule has 2 rings (SSSR count). The standard InChI is InChI=1S/C12H8BrCl2N3O3/c1-6-16-12(18(20)21)11(13)17(6)5-10(19)8-4-7(14)2-3-9(8)15/h2-4H,5H2,1H3. The van der Waals surface area contributed by atoms with Gasteiger partial charge in [0.15, 0.2) is 10.4 Å². The van der Waals surface area contributed by atoms with Crippen LogP contribution in [0.15, 0.2) is 22.8 Å². The van der Waals surface area contributed by atoms with Gasteiger partial charge in [-0.05, 0) is 44.0 Å². The van der Waals surface area contributed by atoms with Crippen molar-refractivity contribution in [3.8, 4) is 0 Å². The maximum Gasteiger partial charge on any atom is 0.396 e. The van der Waals surface area contributed by atoms with E-state index in [0.29, 0.717) is 10.8 Å². The number of ketones is 1. The Morgan fingerprint density at radius 1 is 1.48 bits per heavy atom. The Kier molecular flexibility index (Phi) is 4.65. The Morgan fingerprint density at radius 2 is 2.14 bits per heavy atom. The summed E-state index contributed by atoms with van der Waals surface area (Å²) >= 11 is 14.9. The number of benzene rings is 1. The van der Waals surface area contributed by atoms with Crippen molar-refractivity contribution < 1.29 is 9.72 Å². The van der Waals surface area contributed by atoms with Crippen molar-refractivity contribution in [2.75, 3.05) is 0 Å². The molecule has 0 spiro atoms. The van der Waals surface area contributed by atoms with Crippen LogP contribution in [0.3, 0.4) is 0 Å². The second-order valence-electron chi connectivity index (χ2n) is 4.16. The molecule has 0 aliphatic carbocycles. The second kappa shape index (κ2) is 6.13. The maximum atomic E-state index is 12.3. The van der Waals surface area contributed by atoms with Gasteiger partial charge in [0.1, 0.15) is 0 Å². The lowest BCUT2D eigenvalue weighted by atomic mass is 10.1. The molecule has 110 valence electrons. The van der Waals surface area contributed by atoms with Gasteiger partial charge in [-0.3, -0.25) is 9.36 Å². The first-order valence-electron chi connectivity index (χ1n) is 5.66. The molecule has 0 aliphatic heterocycles. The fourth-order valence-corrected chi connectivity index (χ4v) is 2.77. The van der Waals surface area contributed by atoms with Gasteiger partial charge in [0, 0.05) is 17.5 Å². The molecule has 0 bridgehead atoms. The molecule has 0 amide bonds. The minimum absolute atomic E-state index is 0.132. The van der Waals surface area contributed by atoms with Crippen LogP contribution >= 0.6 is 39.1 Å². The van der Waals surface area contributed by atoms with Gasteiger partial charge in [-0.15, -0.1) is 0 Å². The van der Waals surface area contributed by atoms with Crippen molar-refractivity contribution in [1.29, 1.82) is 0 Å². The highest BCUT2D eigenvalue weighted by molar-refractivity contribution is 9.10. The van der Waals surface area contributed by atoms with Crippen LogP contribution in [0.2, 0.25) is 10.0 Å². The molecule has 0 saturated heterocycles. The molecule has 1 aromatic heterocycles. The highest BCUT2D eigenvalue weighted by Gasteiger charge is 2.25. The first kappa shape index (κ1) is 15.9. The number of rotatable bonds is 4. The van der Waals surface area contributed by atoms with E-state index in [1.807, 2.05) is 0 Å². The first-order valence-corrected chi connectivity index (χ1v) is 7.21. The summed E-state index contributed by atoms with van der Waals surface area (Å²) in [6.07, 6.45) is 0. The van der Waals surface area contributed by atoms with Crippen LogP contribution in [0.4, 0.5) is 5.82 Å². The number of hydrogen-bond donors (Lipinski definition) is 0. The second-order valence-corrected chi connectivity index (χ2v) is 5.76. The van der Waals surface area contributed by atoms with Gasteiger partial charge >= 0.3 is 5.82 Å². The Balaban J connectivity index is 2.36. The average molecular weight is 393 g/mol. The Bertz CT molecular complexity index is 746. The first-order chi connectivity index (χ1) is 9.81. The van der Waals surface area contributed by atoms with E-state index in [1.54, 1.807) is 13.0 Å². The zero-order chi connectivity index (χ0) is 15.7. The van der Waals surface area contributed by atoms with Crippen molar-refractivity contribution in [1.82, 2.24) is 9.55 Å². The van der Waals surface area contributed by atoms with E-state index in [9.17, 15) is 14.9 Å². The number of nitrogens with zero attached hydrogens (tertiary/aromatic N) is 3. The van der Waals surface area contributed by atoms with Crippen molar-refractivity contribution in [3.05, 3.63) is 54.3 Å². The zero-order valence-corrected chi connectivity index (χ0v) is 13.7. The van der Waals surface area contributed by atoms with Gasteiger partial charge in [-0.25, -0.2) is 0 Å². The number of imidazole rings is 1. The predicted molar refractivity (Wildman–Crippen MR) is 82.1 cm³/mol. The van der Waals surface area contributed by atoms with Crippen LogP contribution in [-0.2, 0) is 6.54 Å². The van der Waals surface area contributed by atoms with Gasteiger partial charge in [-0.2, -0.15) is 0 Å². The molecule has 0 atom stereocenters. The third-order valence-corrected chi connectivity index (χ3v) is 4.13. The summed E-state index contributed by atoms with van der Waals surface area (Å²) < 4.78 is 1.54. The number of halogens is 3. The predicted octanol–water partition coefficient (Wildman–Crippen LogP) is 4.05. The molecule has 21 heavy (non-hydrogen) atoms. The minimum Gasteiger partial charge on any atom is -0.358 e. The SMILES string of the molecule is Cc1nc([N+](=O)[O-])c(Br)n1CC(=O)c1cc(Cl)ccc1Cl. The van der Waals surface area contributed by atoms with E-state index in [0.717, 1.165) is 0 Å². The Morgan fingerprint density at radius 3 is 2.71 bits per heavy atom. The lowest BCUT2D eigenvalue weighted by Gasteiger charge is -2.06. The summed E-state index contributed by atoms with van der Waals surface area (Å²) in [6, 6.07) is 4.56. The van der Waals surface area contributed by atoms with Gasteiger partial charge in [-0.1, -0.05) is 23.2 Å². The lowest BCUT2D eigenvalue weighted by molar-refractivity contribution is -0.390. The van der Waals surface area contributed by atoms with Gasteiger partial charge in [0.05, 0.1) is 11.6 Å². The third kappa shape index (κ3) is 3.25. The number of aromatic nitrogens is 2. The molecular weight excluding hydrogens is 385 g/mol. The molecule has 9 heteroatoms. The van der Waals surface area contributed by atoms with Crippen molar-refractivity contribution in [2.45, 2.75) is 13.5 Å². The van der Waals surface area contributed by atoms with E-state index in [2.05, 4.69) is 20.9 Å². The molecule has 0 aliphatic rings. The number of hydrogen-bond acceptors (Lipinski definition) is 4. The minimum atomic E-state index is -0.621. The summed E-state index contributed by atoms with van der Waals surface area (Å²) in [5.74, 6) is -0.309. The van der Waals surface area contributed by atoms with Crippen LogP contribution in [0.25, 0.3) is 0 Å². The van der Waals surface area contributed by atoms with Crippen molar-refractivity contribution >= 4 is 50.7 Å². The monoisotopic (exact) mass is 391 g/mol. The summed E-state index contributed by atoms with van der Waals surface area (Å²) in [5, 5.41) is 11.5. The highest BCUT2D eigenvalue weighted by atomic mass is 79.9. The van der Waals surface area contributed by atoms with Crippen molar-refractivity contribution in [2.24, 2.45) is 0 Å². The van der Waals surface area contributed by atoms with Gasteiger partial charge < -0.3 is 10.1 Å². The van der Waals surface area contributed by atoms with Crippen LogP contribution in [-0.4, -0.2) is 20.3 Å². The van der Waals surface area contributed by atoms with Crippen molar-refractivity contribution in [3.63, 3.8) is 0 Å². The molecular formula is C12H8BrCl2N3O3. The topological polar surface area (TPSA) is 78.0 Å². The maximum absolute atomic E-state index is 12.3. The molecule has 1 heterocycles. The third-order valence-electron chi connectivity index (χ3n) is 2.78. The summed E-state index contributed by atoms with van der Waals surface area (Å²) in [5.41, 5.74) is 0.256. The van der Waals surface area contributed by atoms with Crippen LogP contribution in [0, 0.1) is 17.0 Å². The zero-order valence-electron chi connectivity index (χ0n) is 10.6. The van der Waals surface area contributed by atoms with Gasteiger partial charge in [0.2, 0.25) is 5.82 Å². The molecule has 1 aromatic carbocycles. The summed E-state index contributed by atoms with van der Waals surface area (Å²) in [7, 11) is 0. The van der Waals surface area contributed by atoms with E-state index < -0.39 is 4.92 Å².